The maximum Gasteiger partial charge on any atom is 0.292 e. The number of carbonyl (C=O) groups is 3. The molecule has 98 valence electrons. The normalized spacial score (nSPS) is 10.5. The molecular weight excluding hydrogens is 234 g/mol. The number of aromatic nitrogens is 1. The summed E-state index contributed by atoms with van der Waals surface area (Å²) in [4.78, 5) is 34.9. The molecule has 0 spiro atoms. The first-order valence-electron chi connectivity index (χ1n) is 5.57. The molecule has 0 radical (unpaired) electrons. The molecule has 3 N–H and O–H groups in total. The van der Waals surface area contributed by atoms with E-state index in [0.29, 0.717) is 5.69 Å². The fourth-order valence-electron chi connectivity index (χ4n) is 1.65. The number of rotatable bonds is 4. The van der Waals surface area contributed by atoms with Crippen LogP contribution in [0.4, 0.5) is 0 Å². The third-order valence-electron chi connectivity index (χ3n) is 2.58. The molecule has 1 rings (SSSR count). The van der Waals surface area contributed by atoms with Crippen molar-refractivity contribution in [1.29, 1.82) is 0 Å². The number of nitrogens with two attached hydrogens (primary N) is 1. The van der Waals surface area contributed by atoms with Crippen LogP contribution in [0, 0.1) is 6.92 Å². The van der Waals surface area contributed by atoms with Gasteiger partial charge in [0.15, 0.2) is 0 Å². The second-order valence-electron chi connectivity index (χ2n) is 4.43. The number of Topliss-reactive ketones (excluding diaryl/α,β-unsaturated/α-hetero) is 1. The standard InChI is InChI=1S/C12H17N3O3/c1-6(2)14-12(18)10(16)8-5-7(3)15(4)9(8)11(13)17/h5-6H,1-4H3,(H2,13,17)(H,14,18). The summed E-state index contributed by atoms with van der Waals surface area (Å²) < 4.78 is 1.50. The van der Waals surface area contributed by atoms with E-state index in [1.54, 1.807) is 27.8 Å². The molecule has 0 aliphatic rings. The molecule has 2 amide bonds. The van der Waals surface area contributed by atoms with Crippen LogP contribution in [-0.2, 0) is 11.8 Å². The van der Waals surface area contributed by atoms with Crippen molar-refractivity contribution in [2.75, 3.05) is 0 Å². The zero-order valence-corrected chi connectivity index (χ0v) is 10.9. The molecule has 1 aromatic heterocycles. The lowest BCUT2D eigenvalue weighted by atomic mass is 10.1. The van der Waals surface area contributed by atoms with E-state index in [9.17, 15) is 14.4 Å². The molecule has 0 aliphatic heterocycles. The third kappa shape index (κ3) is 2.58. The van der Waals surface area contributed by atoms with E-state index in [0.717, 1.165) is 0 Å². The summed E-state index contributed by atoms with van der Waals surface area (Å²) in [5, 5.41) is 2.49. The largest absolute Gasteiger partial charge is 0.364 e. The van der Waals surface area contributed by atoms with Gasteiger partial charge in [-0.05, 0) is 26.8 Å². The van der Waals surface area contributed by atoms with Crippen molar-refractivity contribution in [2.45, 2.75) is 26.8 Å². The molecular formula is C12H17N3O3. The highest BCUT2D eigenvalue weighted by molar-refractivity contribution is 6.44. The van der Waals surface area contributed by atoms with Crippen molar-refractivity contribution in [3.8, 4) is 0 Å². The zero-order valence-electron chi connectivity index (χ0n) is 10.9. The minimum absolute atomic E-state index is 0.0423. The molecule has 0 saturated heterocycles. The summed E-state index contributed by atoms with van der Waals surface area (Å²) in [5.74, 6) is -2.22. The average Bonchev–Trinajstić information content (AvgIpc) is 2.53. The molecule has 0 aromatic carbocycles. The Kier molecular flexibility index (Phi) is 3.90. The number of primary amides is 1. The van der Waals surface area contributed by atoms with Crippen LogP contribution in [0.15, 0.2) is 6.07 Å². The van der Waals surface area contributed by atoms with E-state index < -0.39 is 17.6 Å². The number of carbonyl (C=O) groups excluding carboxylic acids is 3. The fraction of sp³-hybridized carbons (Fsp3) is 0.417. The maximum absolute atomic E-state index is 11.9. The van der Waals surface area contributed by atoms with Gasteiger partial charge < -0.3 is 15.6 Å². The van der Waals surface area contributed by atoms with Crippen molar-refractivity contribution in [3.63, 3.8) is 0 Å². The molecule has 0 atom stereocenters. The van der Waals surface area contributed by atoms with Gasteiger partial charge in [0.2, 0.25) is 0 Å². The second-order valence-corrected chi connectivity index (χ2v) is 4.43. The van der Waals surface area contributed by atoms with Gasteiger partial charge in [0.05, 0.1) is 5.56 Å². The summed E-state index contributed by atoms with van der Waals surface area (Å²) in [6.45, 7) is 5.22. The fourth-order valence-corrected chi connectivity index (χ4v) is 1.65. The van der Waals surface area contributed by atoms with Gasteiger partial charge in [-0.3, -0.25) is 14.4 Å². The van der Waals surface area contributed by atoms with Crippen molar-refractivity contribution in [3.05, 3.63) is 23.0 Å². The van der Waals surface area contributed by atoms with Gasteiger partial charge >= 0.3 is 0 Å². The van der Waals surface area contributed by atoms with Crippen LogP contribution in [0.5, 0.6) is 0 Å². The zero-order chi connectivity index (χ0) is 14.0. The van der Waals surface area contributed by atoms with Crippen molar-refractivity contribution >= 4 is 17.6 Å². The van der Waals surface area contributed by atoms with E-state index in [2.05, 4.69) is 5.32 Å². The summed E-state index contributed by atoms with van der Waals surface area (Å²) in [6.07, 6.45) is 0. The van der Waals surface area contributed by atoms with Crippen LogP contribution >= 0.6 is 0 Å². The lowest BCUT2D eigenvalue weighted by molar-refractivity contribution is -0.117. The summed E-state index contributed by atoms with van der Waals surface area (Å²) in [5.41, 5.74) is 6.00. The molecule has 6 nitrogen and oxygen atoms in total. The van der Waals surface area contributed by atoms with E-state index in [1.165, 1.54) is 10.6 Å². The van der Waals surface area contributed by atoms with Crippen molar-refractivity contribution in [2.24, 2.45) is 12.8 Å². The van der Waals surface area contributed by atoms with Gasteiger partial charge in [-0.25, -0.2) is 0 Å². The molecule has 0 aliphatic carbocycles. The maximum atomic E-state index is 11.9. The molecule has 0 fully saturated rings. The van der Waals surface area contributed by atoms with Crippen molar-refractivity contribution < 1.29 is 14.4 Å². The first-order valence-corrected chi connectivity index (χ1v) is 5.57. The third-order valence-corrected chi connectivity index (χ3v) is 2.58. The second kappa shape index (κ2) is 5.03. The van der Waals surface area contributed by atoms with E-state index in [4.69, 9.17) is 5.73 Å². The van der Waals surface area contributed by atoms with Crippen LogP contribution in [0.2, 0.25) is 0 Å². The lowest BCUT2D eigenvalue weighted by Crippen LogP contribution is -2.36. The summed E-state index contributed by atoms with van der Waals surface area (Å²) >= 11 is 0. The van der Waals surface area contributed by atoms with E-state index >= 15 is 0 Å². The number of ketones is 1. The highest BCUT2D eigenvalue weighted by atomic mass is 16.2. The Hall–Kier alpha value is -2.11. The Morgan fingerprint density at radius 1 is 1.33 bits per heavy atom. The first kappa shape index (κ1) is 14.0. The summed E-state index contributed by atoms with van der Waals surface area (Å²) in [7, 11) is 1.62. The first-order chi connectivity index (χ1) is 8.25. The number of amides is 2. The highest BCUT2D eigenvalue weighted by Gasteiger charge is 2.25. The van der Waals surface area contributed by atoms with Gasteiger partial charge in [0.25, 0.3) is 17.6 Å². The Morgan fingerprint density at radius 3 is 2.33 bits per heavy atom. The predicted molar refractivity (Wildman–Crippen MR) is 66.3 cm³/mol. The SMILES string of the molecule is Cc1cc(C(=O)C(=O)NC(C)C)c(C(N)=O)n1C. The number of hydrogen-bond donors (Lipinski definition) is 2. The Balaban J connectivity index is 3.18. The molecule has 6 heteroatoms. The molecule has 0 bridgehead atoms. The Bertz CT molecular complexity index is 515. The Labute approximate surface area is 105 Å². The van der Waals surface area contributed by atoms with E-state index in [-0.39, 0.29) is 17.3 Å². The lowest BCUT2D eigenvalue weighted by Gasteiger charge is -2.07. The van der Waals surface area contributed by atoms with Gasteiger partial charge in [-0.2, -0.15) is 0 Å². The van der Waals surface area contributed by atoms with Gasteiger partial charge in [0.1, 0.15) is 5.69 Å². The van der Waals surface area contributed by atoms with Gasteiger partial charge in [-0.1, -0.05) is 0 Å². The molecule has 1 aromatic rings. The molecule has 1 heterocycles. The number of nitrogens with zero attached hydrogens (tertiary/aromatic N) is 1. The Morgan fingerprint density at radius 2 is 1.89 bits per heavy atom. The van der Waals surface area contributed by atoms with Crippen LogP contribution < -0.4 is 11.1 Å². The van der Waals surface area contributed by atoms with Crippen LogP contribution in [0.1, 0.15) is 40.4 Å². The number of hydrogen-bond acceptors (Lipinski definition) is 3. The number of nitrogens with one attached hydrogen (secondary N) is 1. The highest BCUT2D eigenvalue weighted by Crippen LogP contribution is 2.14. The van der Waals surface area contributed by atoms with Gasteiger partial charge in [-0.15, -0.1) is 0 Å². The topological polar surface area (TPSA) is 94.2 Å². The molecule has 0 unspecified atom stereocenters. The van der Waals surface area contributed by atoms with Crippen LogP contribution in [0.3, 0.4) is 0 Å². The average molecular weight is 251 g/mol. The number of aryl methyl sites for hydroxylation is 1. The predicted octanol–water partition coefficient (Wildman–Crippen LogP) is 0.140. The monoisotopic (exact) mass is 251 g/mol. The van der Waals surface area contributed by atoms with Gasteiger partial charge in [0, 0.05) is 18.8 Å². The molecule has 0 saturated carbocycles. The minimum Gasteiger partial charge on any atom is -0.364 e. The van der Waals surface area contributed by atoms with E-state index in [1.807, 2.05) is 0 Å². The quantitative estimate of drug-likeness (QED) is 0.588. The smallest absolute Gasteiger partial charge is 0.292 e. The van der Waals surface area contributed by atoms with Crippen LogP contribution in [-0.4, -0.2) is 28.2 Å². The summed E-state index contributed by atoms with van der Waals surface area (Å²) in [6, 6.07) is 1.34. The van der Waals surface area contributed by atoms with Crippen molar-refractivity contribution in [1.82, 2.24) is 9.88 Å². The minimum atomic E-state index is -0.749. The van der Waals surface area contributed by atoms with Crippen LogP contribution in [0.25, 0.3) is 0 Å². The molecule has 18 heavy (non-hydrogen) atoms.